The van der Waals surface area contributed by atoms with Gasteiger partial charge < -0.3 is 20.6 Å². The molecule has 3 unspecified atom stereocenters. The molecule has 5 rings (SSSR count). The van der Waals surface area contributed by atoms with Crippen molar-refractivity contribution in [2.75, 3.05) is 41.7 Å². The van der Waals surface area contributed by atoms with Gasteiger partial charge in [-0.1, -0.05) is 18.1 Å². The molecule has 0 saturated carbocycles. The van der Waals surface area contributed by atoms with Gasteiger partial charge in [0, 0.05) is 49.5 Å². The van der Waals surface area contributed by atoms with Crippen LogP contribution in [0, 0.1) is 11.8 Å². The van der Waals surface area contributed by atoms with Crippen LogP contribution in [-0.2, 0) is 0 Å². The maximum Gasteiger partial charge on any atom is 0.206 e. The third-order valence-corrected chi connectivity index (χ3v) is 7.49. The largest absolute Gasteiger partial charge is 0.507 e. The molecule has 0 aliphatic carbocycles. The lowest BCUT2D eigenvalue weighted by Crippen LogP contribution is -2.52. The monoisotopic (exact) mass is 498 g/mol. The Kier molecular flexibility index (Phi) is 7.10. The van der Waals surface area contributed by atoms with Crippen molar-refractivity contribution >= 4 is 17.3 Å². The van der Waals surface area contributed by atoms with Crippen molar-refractivity contribution in [2.45, 2.75) is 51.7 Å². The summed E-state index contributed by atoms with van der Waals surface area (Å²) in [5, 5.41) is 18.7. The van der Waals surface area contributed by atoms with E-state index in [1.807, 2.05) is 24.3 Å². The second kappa shape index (κ2) is 10.6. The summed E-state index contributed by atoms with van der Waals surface area (Å²) >= 11 is 0. The van der Waals surface area contributed by atoms with Gasteiger partial charge >= 0.3 is 0 Å². The minimum absolute atomic E-state index is 0.166. The van der Waals surface area contributed by atoms with Crippen LogP contribution in [0.2, 0.25) is 0 Å². The lowest BCUT2D eigenvalue weighted by Gasteiger charge is -2.44. The van der Waals surface area contributed by atoms with Crippen LogP contribution in [0.1, 0.15) is 39.4 Å². The highest BCUT2D eigenvalue weighted by Crippen LogP contribution is 2.32. The molecule has 9 heteroatoms. The van der Waals surface area contributed by atoms with E-state index in [1.54, 1.807) is 18.3 Å². The summed E-state index contributed by atoms with van der Waals surface area (Å²) in [5.74, 6) is 8.40. The molecule has 1 aromatic carbocycles. The number of nitrogen functional groups attached to an aromatic ring is 1. The summed E-state index contributed by atoms with van der Waals surface area (Å²) in [6.07, 6.45) is 3.94. The highest BCUT2D eigenvalue weighted by molar-refractivity contribution is 5.74. The maximum atomic E-state index is 10.3. The van der Waals surface area contributed by atoms with Gasteiger partial charge in [0.1, 0.15) is 11.6 Å². The standard InChI is InChI=1S/C28H34N8O/c1-19-11-14-34(24-18-23(32-33-28(24)29)22-7-4-5-8-25(22)37)15-16-36(19)27-10-12-30-26(31-27)9-6-13-35-20(2)17-21(35)3/h4-5,7-8,10,12,18-21,37H,11,13-17H2,1-3H3,(H2,29,33). The number of rotatable bonds is 4. The number of aromatic nitrogens is 4. The first-order valence-corrected chi connectivity index (χ1v) is 12.9. The molecule has 192 valence electrons. The molecule has 2 fully saturated rings. The molecule has 2 saturated heterocycles. The quantitative estimate of drug-likeness (QED) is 0.525. The number of anilines is 3. The zero-order valence-electron chi connectivity index (χ0n) is 21.7. The number of phenolic OH excluding ortho intramolecular Hbond substituents is 1. The zero-order chi connectivity index (χ0) is 25.9. The van der Waals surface area contributed by atoms with E-state index < -0.39 is 0 Å². The van der Waals surface area contributed by atoms with Crippen molar-refractivity contribution in [2.24, 2.45) is 0 Å². The number of aromatic hydroxyl groups is 1. The molecule has 9 nitrogen and oxygen atoms in total. The van der Waals surface area contributed by atoms with Crippen molar-refractivity contribution < 1.29 is 5.11 Å². The third kappa shape index (κ3) is 5.30. The van der Waals surface area contributed by atoms with E-state index in [2.05, 4.69) is 62.5 Å². The smallest absolute Gasteiger partial charge is 0.206 e. The molecule has 0 spiro atoms. The Balaban J connectivity index is 1.31. The Morgan fingerprint density at radius 3 is 2.62 bits per heavy atom. The number of benzene rings is 1. The number of phenols is 1. The number of hydrogen-bond acceptors (Lipinski definition) is 9. The third-order valence-electron chi connectivity index (χ3n) is 7.49. The number of nitrogens with two attached hydrogens (primary N) is 1. The van der Waals surface area contributed by atoms with E-state index in [-0.39, 0.29) is 11.8 Å². The number of para-hydroxylation sites is 1. The highest BCUT2D eigenvalue weighted by Gasteiger charge is 2.30. The van der Waals surface area contributed by atoms with Crippen LogP contribution < -0.4 is 15.5 Å². The first-order valence-electron chi connectivity index (χ1n) is 12.9. The summed E-state index contributed by atoms with van der Waals surface area (Å²) in [7, 11) is 0. The molecule has 3 aromatic rings. The molecule has 2 aromatic heterocycles. The van der Waals surface area contributed by atoms with Gasteiger partial charge in [0.05, 0.1) is 17.9 Å². The minimum atomic E-state index is 0.166. The van der Waals surface area contributed by atoms with Crippen LogP contribution in [-0.4, -0.2) is 74.5 Å². The Morgan fingerprint density at radius 2 is 1.84 bits per heavy atom. The molecule has 37 heavy (non-hydrogen) atoms. The molecule has 3 N–H and O–H groups in total. The fraction of sp³-hybridized carbons (Fsp3) is 0.429. The van der Waals surface area contributed by atoms with Crippen LogP contribution in [0.25, 0.3) is 11.3 Å². The normalized spacial score (nSPS) is 22.1. The van der Waals surface area contributed by atoms with E-state index in [4.69, 9.17) is 10.7 Å². The molecule has 2 aliphatic heterocycles. The van der Waals surface area contributed by atoms with E-state index in [9.17, 15) is 5.11 Å². The second-order valence-electron chi connectivity index (χ2n) is 9.98. The molecule has 0 bridgehead atoms. The van der Waals surface area contributed by atoms with Crippen molar-refractivity contribution in [3.63, 3.8) is 0 Å². The van der Waals surface area contributed by atoms with Crippen molar-refractivity contribution in [3.05, 3.63) is 48.4 Å². The topological polar surface area (TPSA) is 108 Å². The molecule has 2 aliphatic rings. The summed E-state index contributed by atoms with van der Waals surface area (Å²) in [6.45, 7) is 9.77. The highest BCUT2D eigenvalue weighted by atomic mass is 16.3. The van der Waals surface area contributed by atoms with Crippen LogP contribution in [0.5, 0.6) is 5.75 Å². The summed E-state index contributed by atoms with van der Waals surface area (Å²) in [5.41, 5.74) is 8.31. The predicted molar refractivity (Wildman–Crippen MR) is 146 cm³/mol. The molecular weight excluding hydrogens is 464 g/mol. The predicted octanol–water partition coefficient (Wildman–Crippen LogP) is 3.16. The molecular formula is C28H34N8O. The fourth-order valence-electron chi connectivity index (χ4n) is 5.26. The average Bonchev–Trinajstić information content (AvgIpc) is 3.09. The Labute approximate surface area is 218 Å². The Morgan fingerprint density at radius 1 is 1.03 bits per heavy atom. The van der Waals surface area contributed by atoms with E-state index in [1.165, 1.54) is 6.42 Å². The Hall–Kier alpha value is -3.90. The van der Waals surface area contributed by atoms with Crippen LogP contribution in [0.4, 0.5) is 17.3 Å². The van der Waals surface area contributed by atoms with E-state index in [0.29, 0.717) is 35.0 Å². The van der Waals surface area contributed by atoms with Gasteiger partial charge in [0.25, 0.3) is 0 Å². The second-order valence-corrected chi connectivity index (χ2v) is 9.98. The number of hydrogen-bond donors (Lipinski definition) is 2. The molecule has 0 radical (unpaired) electrons. The van der Waals surface area contributed by atoms with Gasteiger partial charge in [-0.25, -0.2) is 9.97 Å². The first-order chi connectivity index (χ1) is 17.9. The van der Waals surface area contributed by atoms with Gasteiger partial charge in [-0.3, -0.25) is 4.90 Å². The van der Waals surface area contributed by atoms with Crippen LogP contribution >= 0.6 is 0 Å². The number of nitrogens with zero attached hydrogens (tertiary/aromatic N) is 7. The summed E-state index contributed by atoms with van der Waals surface area (Å²) in [6, 6.07) is 12.4. The molecule has 0 amide bonds. The zero-order valence-corrected chi connectivity index (χ0v) is 21.7. The lowest BCUT2D eigenvalue weighted by molar-refractivity contribution is 0.0540. The van der Waals surface area contributed by atoms with Gasteiger partial charge in [0.2, 0.25) is 5.82 Å². The lowest BCUT2D eigenvalue weighted by atomic mass is 9.96. The Bertz CT molecular complexity index is 1310. The van der Waals surface area contributed by atoms with Crippen LogP contribution in [0.15, 0.2) is 42.6 Å². The SMILES string of the molecule is CC1CCN(c2cc(-c3ccccc3O)nnc2N)CCN1c1ccnc(C#CCN2C(C)CC2C)n1. The van der Waals surface area contributed by atoms with Crippen molar-refractivity contribution in [1.82, 2.24) is 25.1 Å². The van der Waals surface area contributed by atoms with Crippen molar-refractivity contribution in [3.8, 4) is 28.8 Å². The van der Waals surface area contributed by atoms with Gasteiger partial charge in [-0.05, 0) is 63.8 Å². The summed E-state index contributed by atoms with van der Waals surface area (Å²) in [4.78, 5) is 16.1. The molecule has 4 heterocycles. The summed E-state index contributed by atoms with van der Waals surface area (Å²) < 4.78 is 0. The van der Waals surface area contributed by atoms with Gasteiger partial charge in [-0.2, -0.15) is 0 Å². The van der Waals surface area contributed by atoms with Crippen LogP contribution in [0.3, 0.4) is 0 Å². The van der Waals surface area contributed by atoms with Gasteiger partial charge in [0.15, 0.2) is 5.82 Å². The maximum absolute atomic E-state index is 10.3. The van der Waals surface area contributed by atoms with E-state index in [0.717, 1.165) is 44.1 Å². The molecule has 3 atom stereocenters. The average molecular weight is 499 g/mol. The van der Waals surface area contributed by atoms with Gasteiger partial charge in [-0.15, -0.1) is 10.2 Å². The minimum Gasteiger partial charge on any atom is -0.507 e. The van der Waals surface area contributed by atoms with Crippen molar-refractivity contribution in [1.29, 1.82) is 0 Å². The van der Waals surface area contributed by atoms with E-state index >= 15 is 0 Å². The fourth-order valence-corrected chi connectivity index (χ4v) is 5.26. The first kappa shape index (κ1) is 24.8. The number of likely N-dealkylation sites (tertiary alicyclic amines) is 1.